The van der Waals surface area contributed by atoms with Crippen molar-refractivity contribution in [3.05, 3.63) is 23.3 Å². The number of benzene rings is 1. The molecule has 2 heterocycles. The molecule has 0 saturated carbocycles. The summed E-state index contributed by atoms with van der Waals surface area (Å²) in [4.78, 5) is 6.06. The fraction of sp³-hybridized carbons (Fsp3) is 0.588. The summed E-state index contributed by atoms with van der Waals surface area (Å²) in [6.07, 6.45) is 0.162. The minimum absolute atomic E-state index is 0.162. The number of nitrogens with one attached hydrogen (secondary N) is 2. The highest BCUT2D eigenvalue weighted by Crippen LogP contribution is 2.40. The van der Waals surface area contributed by atoms with E-state index in [2.05, 4.69) is 60.5 Å². The Morgan fingerprint density at radius 2 is 1.68 bits per heavy atom. The first-order valence-corrected chi connectivity index (χ1v) is 7.98. The van der Waals surface area contributed by atoms with Crippen molar-refractivity contribution in [3.8, 4) is 5.75 Å². The molecule has 1 aromatic rings. The van der Waals surface area contributed by atoms with E-state index in [9.17, 15) is 0 Å². The van der Waals surface area contributed by atoms with Crippen molar-refractivity contribution in [1.82, 2.24) is 10.6 Å². The highest BCUT2D eigenvalue weighted by atomic mass is 16.5. The standard InChI is InChI=1S/C11H15NO.C4H9N3.C2H6/c1-7-5-6-8(2)11-10(7)12(4)9(3)13-11;1-5-4-6-2-3-7-4;1-2/h5-6,9H,1-4H3;2-3H2,1H3,(H2,5,6,7);1-2H3. The Morgan fingerprint density at radius 1 is 1.14 bits per heavy atom. The average molecular weight is 306 g/mol. The van der Waals surface area contributed by atoms with Crippen molar-refractivity contribution >= 4 is 11.6 Å². The Bertz CT molecular complexity index is 506. The molecule has 1 saturated heterocycles. The first kappa shape index (κ1) is 18.1. The molecule has 0 bridgehead atoms. The molecule has 0 aliphatic carbocycles. The van der Waals surface area contributed by atoms with E-state index in [1.54, 1.807) is 7.05 Å². The van der Waals surface area contributed by atoms with Crippen LogP contribution in [0.15, 0.2) is 17.1 Å². The molecule has 5 nitrogen and oxygen atoms in total. The zero-order chi connectivity index (χ0) is 16.7. The molecule has 0 spiro atoms. The Hall–Kier alpha value is -1.91. The number of aliphatic imine (C=N–C) groups is 1. The first-order valence-electron chi connectivity index (χ1n) is 7.98. The van der Waals surface area contributed by atoms with Gasteiger partial charge < -0.3 is 20.3 Å². The zero-order valence-electron chi connectivity index (χ0n) is 14.9. The molecule has 1 unspecified atom stereocenters. The van der Waals surface area contributed by atoms with E-state index in [0.717, 1.165) is 24.8 Å². The van der Waals surface area contributed by atoms with Gasteiger partial charge in [0.05, 0.1) is 5.69 Å². The molecule has 0 amide bonds. The minimum atomic E-state index is 0.162. The lowest BCUT2D eigenvalue weighted by Gasteiger charge is -2.16. The van der Waals surface area contributed by atoms with Crippen LogP contribution in [-0.2, 0) is 0 Å². The van der Waals surface area contributed by atoms with E-state index in [1.807, 2.05) is 13.8 Å². The molecule has 1 atom stereocenters. The highest BCUT2D eigenvalue weighted by Gasteiger charge is 2.26. The van der Waals surface area contributed by atoms with Gasteiger partial charge in [-0.25, -0.2) is 0 Å². The molecule has 22 heavy (non-hydrogen) atoms. The predicted molar refractivity (Wildman–Crippen MR) is 95.1 cm³/mol. The maximum atomic E-state index is 5.76. The van der Waals surface area contributed by atoms with Crippen molar-refractivity contribution in [1.29, 1.82) is 0 Å². The second kappa shape index (κ2) is 8.51. The molecular formula is C17H30N4O. The summed E-state index contributed by atoms with van der Waals surface area (Å²) in [6.45, 7) is 12.3. The molecule has 3 rings (SSSR count). The maximum absolute atomic E-state index is 5.76. The monoisotopic (exact) mass is 306 g/mol. The molecule has 124 valence electrons. The van der Waals surface area contributed by atoms with Crippen molar-refractivity contribution < 1.29 is 4.74 Å². The molecule has 2 N–H and O–H groups in total. The fourth-order valence-corrected chi connectivity index (χ4v) is 2.37. The largest absolute Gasteiger partial charge is 0.468 e. The van der Waals surface area contributed by atoms with Crippen LogP contribution in [0.4, 0.5) is 5.69 Å². The predicted octanol–water partition coefficient (Wildman–Crippen LogP) is 2.67. The molecule has 2 aliphatic rings. The Kier molecular flexibility index (Phi) is 7.02. The number of aryl methyl sites for hydroxylation is 2. The van der Waals surface area contributed by atoms with Gasteiger partial charge in [-0.1, -0.05) is 26.0 Å². The SMILES string of the molecule is CC.CN=C1NCCN1.Cc1ccc(C)c2c1OC(C)N2C. The number of hydrogen-bond donors (Lipinski definition) is 2. The van der Waals surface area contributed by atoms with Gasteiger partial charge in [0.2, 0.25) is 0 Å². The summed E-state index contributed by atoms with van der Waals surface area (Å²) in [6, 6.07) is 4.26. The van der Waals surface area contributed by atoms with E-state index in [0.29, 0.717) is 0 Å². The minimum Gasteiger partial charge on any atom is -0.468 e. The van der Waals surface area contributed by atoms with Gasteiger partial charge in [-0.15, -0.1) is 0 Å². The van der Waals surface area contributed by atoms with Gasteiger partial charge in [0, 0.05) is 27.2 Å². The normalized spacial score (nSPS) is 17.9. The van der Waals surface area contributed by atoms with E-state index in [4.69, 9.17) is 4.74 Å². The molecule has 0 aromatic heterocycles. The molecule has 2 aliphatic heterocycles. The van der Waals surface area contributed by atoms with Crippen LogP contribution in [0.5, 0.6) is 5.75 Å². The van der Waals surface area contributed by atoms with Crippen LogP contribution >= 0.6 is 0 Å². The van der Waals surface area contributed by atoms with Gasteiger partial charge >= 0.3 is 0 Å². The van der Waals surface area contributed by atoms with Gasteiger partial charge in [-0.3, -0.25) is 4.99 Å². The summed E-state index contributed by atoms with van der Waals surface area (Å²) in [5.41, 5.74) is 3.75. The van der Waals surface area contributed by atoms with Crippen LogP contribution < -0.4 is 20.3 Å². The van der Waals surface area contributed by atoms with Gasteiger partial charge in [-0.05, 0) is 31.9 Å². The Balaban J connectivity index is 0.000000228. The summed E-state index contributed by atoms with van der Waals surface area (Å²) in [5, 5.41) is 6.09. The number of guanidine groups is 1. The van der Waals surface area contributed by atoms with Crippen LogP contribution in [-0.4, -0.2) is 39.4 Å². The summed E-state index contributed by atoms with van der Waals surface area (Å²) < 4.78 is 5.76. The van der Waals surface area contributed by atoms with Crippen LogP contribution in [0.3, 0.4) is 0 Å². The molecule has 5 heteroatoms. The van der Waals surface area contributed by atoms with Crippen molar-refractivity contribution in [3.63, 3.8) is 0 Å². The number of hydrogen-bond acceptors (Lipinski definition) is 3. The van der Waals surface area contributed by atoms with E-state index >= 15 is 0 Å². The third-order valence-electron chi connectivity index (χ3n) is 3.65. The number of nitrogens with zero attached hydrogens (tertiary/aromatic N) is 2. The maximum Gasteiger partial charge on any atom is 0.191 e. The average Bonchev–Trinajstić information content (AvgIpc) is 3.16. The number of fused-ring (bicyclic) bond motifs is 1. The molecule has 0 radical (unpaired) electrons. The van der Waals surface area contributed by atoms with E-state index in [1.165, 1.54) is 16.8 Å². The smallest absolute Gasteiger partial charge is 0.191 e. The van der Waals surface area contributed by atoms with Gasteiger partial charge in [0.1, 0.15) is 5.75 Å². The second-order valence-corrected chi connectivity index (χ2v) is 5.13. The quantitative estimate of drug-likeness (QED) is 0.774. The van der Waals surface area contributed by atoms with Gasteiger partial charge in [0.25, 0.3) is 0 Å². The van der Waals surface area contributed by atoms with E-state index in [-0.39, 0.29) is 6.23 Å². The van der Waals surface area contributed by atoms with Crippen LogP contribution in [0.25, 0.3) is 0 Å². The van der Waals surface area contributed by atoms with Gasteiger partial charge in [0.15, 0.2) is 12.2 Å². The second-order valence-electron chi connectivity index (χ2n) is 5.13. The summed E-state index contributed by atoms with van der Waals surface area (Å²) in [7, 11) is 3.84. The highest BCUT2D eigenvalue weighted by molar-refractivity contribution is 5.81. The van der Waals surface area contributed by atoms with Crippen LogP contribution in [0.2, 0.25) is 0 Å². The fourth-order valence-electron chi connectivity index (χ4n) is 2.37. The third-order valence-corrected chi connectivity index (χ3v) is 3.65. The summed E-state index contributed by atoms with van der Waals surface area (Å²) >= 11 is 0. The zero-order valence-corrected chi connectivity index (χ0v) is 14.9. The van der Waals surface area contributed by atoms with Gasteiger partial charge in [-0.2, -0.15) is 0 Å². The lowest BCUT2D eigenvalue weighted by Crippen LogP contribution is -2.27. The Labute approximate surface area is 134 Å². The van der Waals surface area contributed by atoms with E-state index < -0.39 is 0 Å². The lowest BCUT2D eigenvalue weighted by atomic mass is 10.1. The number of rotatable bonds is 0. The Morgan fingerprint density at radius 3 is 2.14 bits per heavy atom. The number of anilines is 1. The summed E-state index contributed by atoms with van der Waals surface area (Å²) in [5.74, 6) is 1.97. The first-order chi connectivity index (χ1) is 10.5. The van der Waals surface area contributed by atoms with Crippen LogP contribution in [0, 0.1) is 13.8 Å². The molecule has 1 aromatic carbocycles. The third kappa shape index (κ3) is 4.06. The van der Waals surface area contributed by atoms with Crippen molar-refractivity contribution in [2.24, 2.45) is 4.99 Å². The van der Waals surface area contributed by atoms with Crippen molar-refractivity contribution in [2.75, 3.05) is 32.1 Å². The number of ether oxygens (including phenoxy) is 1. The van der Waals surface area contributed by atoms with Crippen molar-refractivity contribution in [2.45, 2.75) is 40.8 Å². The lowest BCUT2D eigenvalue weighted by molar-refractivity contribution is 0.249. The molecule has 1 fully saturated rings. The molecular weight excluding hydrogens is 276 g/mol. The topological polar surface area (TPSA) is 48.9 Å². The van der Waals surface area contributed by atoms with Crippen LogP contribution in [0.1, 0.15) is 31.9 Å².